The van der Waals surface area contributed by atoms with Gasteiger partial charge in [0.15, 0.2) is 6.10 Å². The lowest BCUT2D eigenvalue weighted by Crippen LogP contribution is -2.61. The van der Waals surface area contributed by atoms with Crippen molar-refractivity contribution >= 4 is 23.6 Å². The number of ether oxygens (including phenoxy) is 1. The highest BCUT2D eigenvalue weighted by Crippen LogP contribution is 2.24. The number of thioether (sulfide) groups is 1. The van der Waals surface area contributed by atoms with Gasteiger partial charge in [-0.2, -0.15) is 0 Å². The fourth-order valence-corrected chi connectivity index (χ4v) is 4.05. The van der Waals surface area contributed by atoms with E-state index < -0.39 is 6.10 Å². The Bertz CT molecular complexity index is 826. The van der Waals surface area contributed by atoms with E-state index in [9.17, 15) is 9.59 Å². The van der Waals surface area contributed by atoms with Gasteiger partial charge in [-0.15, -0.1) is 11.8 Å². The van der Waals surface area contributed by atoms with Gasteiger partial charge in [-0.1, -0.05) is 37.3 Å². The zero-order valence-corrected chi connectivity index (χ0v) is 18.5. The third-order valence-corrected chi connectivity index (χ3v) is 6.20. The number of benzene rings is 2. The van der Waals surface area contributed by atoms with Gasteiger partial charge in [-0.25, -0.2) is 0 Å². The third-order valence-electron chi connectivity index (χ3n) is 5.46. The Kier molecular flexibility index (Phi) is 8.20. The molecule has 0 radical (unpaired) electrons. The monoisotopic (exact) mass is 426 g/mol. The van der Waals surface area contributed by atoms with Crippen molar-refractivity contribution in [2.24, 2.45) is 0 Å². The molecule has 30 heavy (non-hydrogen) atoms. The van der Waals surface area contributed by atoms with Gasteiger partial charge in [0.05, 0.1) is 13.1 Å². The van der Waals surface area contributed by atoms with E-state index in [0.717, 1.165) is 24.2 Å². The Morgan fingerprint density at radius 3 is 2.57 bits per heavy atom. The normalized spacial score (nSPS) is 16.7. The summed E-state index contributed by atoms with van der Waals surface area (Å²) in [6.07, 6.45) is 4.56. The van der Waals surface area contributed by atoms with Crippen LogP contribution in [0.25, 0.3) is 0 Å². The predicted molar refractivity (Wildman–Crippen MR) is 121 cm³/mol. The minimum absolute atomic E-state index is 0.0972. The highest BCUT2D eigenvalue weighted by Gasteiger charge is 2.39. The average Bonchev–Trinajstić information content (AvgIpc) is 2.79. The quantitative estimate of drug-likeness (QED) is 0.334. The molecule has 1 aliphatic rings. The first-order chi connectivity index (χ1) is 14.6. The zero-order chi connectivity index (χ0) is 21.3. The second-order valence-electron chi connectivity index (χ2n) is 7.51. The fraction of sp³-hybridized carbons (Fsp3) is 0.417. The molecular formula is C24H30N2O3S. The molecule has 0 spiro atoms. The van der Waals surface area contributed by atoms with Crippen molar-refractivity contribution in [1.82, 2.24) is 10.2 Å². The molecule has 1 saturated heterocycles. The largest absolute Gasteiger partial charge is 0.479 e. The third kappa shape index (κ3) is 6.02. The van der Waals surface area contributed by atoms with E-state index in [1.807, 2.05) is 36.6 Å². The van der Waals surface area contributed by atoms with Crippen molar-refractivity contribution in [2.45, 2.75) is 43.1 Å². The Hall–Kier alpha value is -2.47. The molecule has 1 N–H and O–H groups in total. The summed E-state index contributed by atoms with van der Waals surface area (Å²) in [7, 11) is 0. The Labute approximate surface area is 183 Å². The van der Waals surface area contributed by atoms with E-state index in [-0.39, 0.29) is 18.4 Å². The van der Waals surface area contributed by atoms with E-state index in [4.69, 9.17) is 4.74 Å². The summed E-state index contributed by atoms with van der Waals surface area (Å²) in [6, 6.07) is 18.2. The minimum Gasteiger partial charge on any atom is -0.479 e. The molecule has 2 unspecified atom stereocenters. The van der Waals surface area contributed by atoms with Crippen molar-refractivity contribution in [3.8, 4) is 5.75 Å². The van der Waals surface area contributed by atoms with Crippen LogP contribution in [0.5, 0.6) is 5.75 Å². The van der Waals surface area contributed by atoms with Crippen molar-refractivity contribution in [3.05, 3.63) is 60.2 Å². The van der Waals surface area contributed by atoms with Gasteiger partial charge in [0, 0.05) is 11.4 Å². The molecule has 2 aromatic rings. The number of nitrogens with one attached hydrogen (secondary N) is 1. The summed E-state index contributed by atoms with van der Waals surface area (Å²) in [5.74, 6) is 0.954. The van der Waals surface area contributed by atoms with Gasteiger partial charge in [-0.3, -0.25) is 9.59 Å². The first-order valence-corrected chi connectivity index (χ1v) is 11.7. The van der Waals surface area contributed by atoms with Gasteiger partial charge in [0.1, 0.15) is 5.75 Å². The SMILES string of the molecule is CCC(CCCNC(=O)CN1CC(Oc2ccc(SC)cc2)C1=O)c1ccccc1. The van der Waals surface area contributed by atoms with Gasteiger partial charge in [0.2, 0.25) is 5.91 Å². The molecule has 0 aliphatic carbocycles. The van der Waals surface area contributed by atoms with E-state index in [1.54, 1.807) is 11.8 Å². The number of amides is 2. The lowest BCUT2D eigenvalue weighted by atomic mass is 9.92. The molecule has 1 aliphatic heterocycles. The molecule has 6 heteroatoms. The molecule has 0 bridgehead atoms. The molecule has 2 aromatic carbocycles. The zero-order valence-electron chi connectivity index (χ0n) is 17.7. The van der Waals surface area contributed by atoms with Crippen LogP contribution in [0.15, 0.2) is 59.5 Å². The van der Waals surface area contributed by atoms with E-state index in [2.05, 4.69) is 36.5 Å². The standard InChI is InChI=1S/C24H30N2O3S/c1-3-18(19-8-5-4-6-9-19)10-7-15-25-23(27)17-26-16-22(24(26)28)29-20-11-13-21(30-2)14-12-20/h4-6,8-9,11-14,18,22H,3,7,10,15-17H2,1-2H3,(H,25,27). The Morgan fingerprint density at radius 2 is 1.93 bits per heavy atom. The Balaban J connectivity index is 1.33. The topological polar surface area (TPSA) is 58.6 Å². The molecule has 2 amide bonds. The molecule has 0 aromatic heterocycles. The second-order valence-corrected chi connectivity index (χ2v) is 8.39. The summed E-state index contributed by atoms with van der Waals surface area (Å²) >= 11 is 1.66. The van der Waals surface area contributed by atoms with Crippen LogP contribution in [0.1, 0.15) is 37.7 Å². The summed E-state index contributed by atoms with van der Waals surface area (Å²) in [4.78, 5) is 27.1. The number of rotatable bonds is 11. The van der Waals surface area contributed by atoms with Crippen molar-refractivity contribution in [3.63, 3.8) is 0 Å². The van der Waals surface area contributed by atoms with E-state index in [1.165, 1.54) is 10.5 Å². The van der Waals surface area contributed by atoms with Crippen LogP contribution < -0.4 is 10.1 Å². The predicted octanol–water partition coefficient (Wildman–Crippen LogP) is 4.09. The number of carbonyl (C=O) groups is 2. The second kappa shape index (κ2) is 11.1. The fourth-order valence-electron chi connectivity index (χ4n) is 3.65. The van der Waals surface area contributed by atoms with E-state index >= 15 is 0 Å². The molecule has 160 valence electrons. The molecule has 2 atom stereocenters. The van der Waals surface area contributed by atoms with Crippen molar-refractivity contribution in [1.29, 1.82) is 0 Å². The van der Waals surface area contributed by atoms with Crippen LogP contribution >= 0.6 is 11.8 Å². The number of hydrogen-bond acceptors (Lipinski definition) is 4. The van der Waals surface area contributed by atoms with Crippen LogP contribution in [0.4, 0.5) is 0 Å². The van der Waals surface area contributed by atoms with Crippen LogP contribution in [0.3, 0.4) is 0 Å². The number of hydrogen-bond donors (Lipinski definition) is 1. The van der Waals surface area contributed by atoms with E-state index in [0.29, 0.717) is 24.8 Å². The van der Waals surface area contributed by atoms with Crippen LogP contribution in [0.2, 0.25) is 0 Å². The summed E-state index contributed by atoms with van der Waals surface area (Å²) in [6.45, 7) is 3.37. The highest BCUT2D eigenvalue weighted by atomic mass is 32.2. The first-order valence-electron chi connectivity index (χ1n) is 10.5. The highest BCUT2D eigenvalue weighted by molar-refractivity contribution is 7.98. The van der Waals surface area contributed by atoms with Crippen molar-refractivity contribution in [2.75, 3.05) is 25.9 Å². The van der Waals surface area contributed by atoms with Gasteiger partial charge in [-0.05, 0) is 61.3 Å². The molecule has 0 saturated carbocycles. The summed E-state index contributed by atoms with van der Waals surface area (Å²) in [5, 5.41) is 2.93. The number of β-lactam (4-membered cyclic amide) rings is 1. The number of carbonyl (C=O) groups excluding carboxylic acids is 2. The summed E-state index contributed by atoms with van der Waals surface area (Å²) < 4.78 is 5.72. The maximum atomic E-state index is 12.3. The maximum absolute atomic E-state index is 12.3. The molecule has 1 heterocycles. The smallest absolute Gasteiger partial charge is 0.266 e. The Morgan fingerprint density at radius 1 is 1.20 bits per heavy atom. The van der Waals surface area contributed by atoms with Gasteiger partial charge < -0.3 is 15.0 Å². The van der Waals surface area contributed by atoms with Crippen LogP contribution in [0, 0.1) is 0 Å². The summed E-state index contributed by atoms with van der Waals surface area (Å²) in [5.41, 5.74) is 1.35. The lowest BCUT2D eigenvalue weighted by Gasteiger charge is -2.37. The minimum atomic E-state index is -0.492. The molecular weight excluding hydrogens is 396 g/mol. The molecule has 1 fully saturated rings. The maximum Gasteiger partial charge on any atom is 0.266 e. The van der Waals surface area contributed by atoms with Crippen LogP contribution in [-0.4, -0.2) is 48.7 Å². The van der Waals surface area contributed by atoms with Gasteiger partial charge >= 0.3 is 0 Å². The molecule has 3 rings (SSSR count). The van der Waals surface area contributed by atoms with Crippen molar-refractivity contribution < 1.29 is 14.3 Å². The first kappa shape index (κ1) is 22.2. The number of likely N-dealkylation sites (tertiary alicyclic amines) is 1. The molecule has 5 nitrogen and oxygen atoms in total. The lowest BCUT2D eigenvalue weighted by molar-refractivity contribution is -0.155. The average molecular weight is 427 g/mol. The van der Waals surface area contributed by atoms with Crippen LogP contribution in [-0.2, 0) is 9.59 Å². The number of nitrogens with zero attached hydrogens (tertiary/aromatic N) is 1. The van der Waals surface area contributed by atoms with Gasteiger partial charge in [0.25, 0.3) is 5.91 Å².